The summed E-state index contributed by atoms with van der Waals surface area (Å²) in [5.41, 5.74) is 0.301. The van der Waals surface area contributed by atoms with E-state index < -0.39 is 0 Å². The predicted octanol–water partition coefficient (Wildman–Crippen LogP) is 0.580. The normalized spacial score (nSPS) is 15.7. The van der Waals surface area contributed by atoms with Crippen LogP contribution in [-0.2, 0) is 4.79 Å². The third-order valence-corrected chi connectivity index (χ3v) is 2.82. The molecule has 1 N–H and O–H groups in total. The van der Waals surface area contributed by atoms with Crippen LogP contribution in [0.1, 0.15) is 30.1 Å². The molecular formula is C12H17N3O3. The van der Waals surface area contributed by atoms with Gasteiger partial charge in [-0.1, -0.05) is 5.16 Å². The zero-order valence-corrected chi connectivity index (χ0v) is 10.8. The molecule has 1 fully saturated rings. The van der Waals surface area contributed by atoms with Gasteiger partial charge in [-0.2, -0.15) is 0 Å². The quantitative estimate of drug-likeness (QED) is 0.852. The van der Waals surface area contributed by atoms with Crippen molar-refractivity contribution in [3.8, 4) is 0 Å². The molecule has 0 unspecified atom stereocenters. The Bertz CT molecular complexity index is 461. The van der Waals surface area contributed by atoms with Crippen molar-refractivity contribution in [3.05, 3.63) is 17.5 Å². The second kappa shape index (κ2) is 4.80. The lowest BCUT2D eigenvalue weighted by Crippen LogP contribution is -2.56. The third kappa shape index (κ3) is 2.52. The van der Waals surface area contributed by atoms with E-state index >= 15 is 0 Å². The predicted molar refractivity (Wildman–Crippen MR) is 63.9 cm³/mol. The van der Waals surface area contributed by atoms with E-state index in [2.05, 4.69) is 10.5 Å². The first-order valence-corrected chi connectivity index (χ1v) is 6.00. The fourth-order valence-corrected chi connectivity index (χ4v) is 1.84. The van der Waals surface area contributed by atoms with E-state index in [1.165, 1.54) is 0 Å². The molecule has 2 heterocycles. The number of nitrogens with one attached hydrogen (secondary N) is 1. The highest BCUT2D eigenvalue weighted by Gasteiger charge is 2.37. The van der Waals surface area contributed by atoms with Crippen LogP contribution >= 0.6 is 0 Å². The van der Waals surface area contributed by atoms with Gasteiger partial charge in [0.05, 0.1) is 5.92 Å². The SMILES string of the molecule is Cc1cc(C(=O)N2CC(C(=O)NC(C)C)C2)no1. The van der Waals surface area contributed by atoms with Crippen molar-refractivity contribution >= 4 is 11.8 Å². The van der Waals surface area contributed by atoms with Gasteiger partial charge >= 0.3 is 0 Å². The Morgan fingerprint density at radius 3 is 2.67 bits per heavy atom. The van der Waals surface area contributed by atoms with Crippen LogP contribution in [0.3, 0.4) is 0 Å². The molecule has 2 amide bonds. The van der Waals surface area contributed by atoms with Crippen molar-refractivity contribution in [1.29, 1.82) is 0 Å². The first-order valence-electron chi connectivity index (χ1n) is 6.00. The van der Waals surface area contributed by atoms with Crippen molar-refractivity contribution < 1.29 is 14.1 Å². The van der Waals surface area contributed by atoms with Crippen molar-refractivity contribution in [3.63, 3.8) is 0 Å². The van der Waals surface area contributed by atoms with Crippen molar-refractivity contribution in [2.45, 2.75) is 26.8 Å². The number of carbonyl (C=O) groups excluding carboxylic acids is 2. The molecule has 0 radical (unpaired) electrons. The van der Waals surface area contributed by atoms with E-state index in [9.17, 15) is 9.59 Å². The maximum absolute atomic E-state index is 11.9. The number of likely N-dealkylation sites (tertiary alicyclic amines) is 1. The Kier molecular flexibility index (Phi) is 3.36. The highest BCUT2D eigenvalue weighted by Crippen LogP contribution is 2.19. The zero-order chi connectivity index (χ0) is 13.3. The Morgan fingerprint density at radius 2 is 2.17 bits per heavy atom. The average molecular weight is 251 g/mol. The summed E-state index contributed by atoms with van der Waals surface area (Å²) in [6.07, 6.45) is 0. The van der Waals surface area contributed by atoms with Crippen molar-refractivity contribution in [1.82, 2.24) is 15.4 Å². The molecule has 0 atom stereocenters. The first-order chi connectivity index (χ1) is 8.47. The summed E-state index contributed by atoms with van der Waals surface area (Å²) in [6, 6.07) is 1.73. The zero-order valence-electron chi connectivity index (χ0n) is 10.8. The Balaban J connectivity index is 1.86. The largest absolute Gasteiger partial charge is 0.361 e. The molecule has 1 saturated heterocycles. The lowest BCUT2D eigenvalue weighted by molar-refractivity contribution is -0.129. The molecular weight excluding hydrogens is 234 g/mol. The minimum Gasteiger partial charge on any atom is -0.361 e. The standard InChI is InChI=1S/C12H17N3O3/c1-7(2)13-11(16)9-5-15(6-9)12(17)10-4-8(3)18-14-10/h4,7,9H,5-6H2,1-3H3,(H,13,16). The smallest absolute Gasteiger partial charge is 0.276 e. The molecule has 0 spiro atoms. The molecule has 1 aliphatic rings. The van der Waals surface area contributed by atoms with Crippen LogP contribution in [-0.4, -0.2) is 41.0 Å². The van der Waals surface area contributed by atoms with E-state index in [1.54, 1.807) is 17.9 Å². The number of aromatic nitrogens is 1. The van der Waals surface area contributed by atoms with Crippen LogP contribution in [0.4, 0.5) is 0 Å². The number of nitrogens with zero attached hydrogens (tertiary/aromatic N) is 2. The first kappa shape index (κ1) is 12.6. The Hall–Kier alpha value is -1.85. The molecule has 1 aliphatic heterocycles. The van der Waals surface area contributed by atoms with Crippen LogP contribution < -0.4 is 5.32 Å². The monoisotopic (exact) mass is 251 g/mol. The van der Waals surface area contributed by atoms with Gasteiger partial charge in [-0.15, -0.1) is 0 Å². The Labute approximate surface area is 105 Å². The van der Waals surface area contributed by atoms with Gasteiger partial charge in [-0.25, -0.2) is 0 Å². The summed E-state index contributed by atoms with van der Waals surface area (Å²) in [5, 5.41) is 6.51. The van der Waals surface area contributed by atoms with Gasteiger partial charge in [0.25, 0.3) is 5.91 Å². The topological polar surface area (TPSA) is 75.4 Å². The maximum Gasteiger partial charge on any atom is 0.276 e. The molecule has 0 bridgehead atoms. The molecule has 0 aliphatic carbocycles. The lowest BCUT2D eigenvalue weighted by atomic mass is 9.98. The average Bonchev–Trinajstić information content (AvgIpc) is 2.61. The fraction of sp³-hybridized carbons (Fsp3) is 0.583. The summed E-state index contributed by atoms with van der Waals surface area (Å²) in [4.78, 5) is 25.2. The Morgan fingerprint density at radius 1 is 1.50 bits per heavy atom. The van der Waals surface area contributed by atoms with Crippen molar-refractivity contribution in [2.75, 3.05) is 13.1 Å². The van der Waals surface area contributed by atoms with Crippen LogP contribution in [0.15, 0.2) is 10.6 Å². The minimum atomic E-state index is -0.180. The highest BCUT2D eigenvalue weighted by molar-refractivity contribution is 5.94. The van der Waals surface area contributed by atoms with Gasteiger partial charge in [0.2, 0.25) is 5.91 Å². The second-order valence-corrected chi connectivity index (χ2v) is 4.89. The third-order valence-electron chi connectivity index (χ3n) is 2.82. The molecule has 0 saturated carbocycles. The fourth-order valence-electron chi connectivity index (χ4n) is 1.84. The summed E-state index contributed by atoms with van der Waals surface area (Å²) >= 11 is 0. The van der Waals surface area contributed by atoms with Crippen LogP contribution in [0.2, 0.25) is 0 Å². The van der Waals surface area contributed by atoms with Gasteiger partial charge in [-0.05, 0) is 20.8 Å². The maximum atomic E-state index is 11.9. The van der Waals surface area contributed by atoms with E-state index in [-0.39, 0.29) is 23.8 Å². The van der Waals surface area contributed by atoms with E-state index in [0.29, 0.717) is 24.5 Å². The van der Waals surface area contributed by atoms with Crippen molar-refractivity contribution in [2.24, 2.45) is 5.92 Å². The molecule has 0 aromatic carbocycles. The molecule has 18 heavy (non-hydrogen) atoms. The van der Waals surface area contributed by atoms with Gasteiger partial charge in [0.1, 0.15) is 5.76 Å². The molecule has 1 aromatic rings. The molecule has 1 aromatic heterocycles. The number of carbonyl (C=O) groups is 2. The molecule has 2 rings (SSSR count). The summed E-state index contributed by atoms with van der Waals surface area (Å²) in [5.74, 6) is 0.322. The lowest BCUT2D eigenvalue weighted by Gasteiger charge is -2.37. The summed E-state index contributed by atoms with van der Waals surface area (Å²) in [6.45, 7) is 6.46. The second-order valence-electron chi connectivity index (χ2n) is 4.89. The molecule has 6 nitrogen and oxygen atoms in total. The van der Waals surface area contributed by atoms with Crippen LogP contribution in [0.5, 0.6) is 0 Å². The minimum absolute atomic E-state index is 0.00498. The number of hydrogen-bond donors (Lipinski definition) is 1. The van der Waals surface area contributed by atoms with E-state index in [1.807, 2.05) is 13.8 Å². The van der Waals surface area contributed by atoms with E-state index in [0.717, 1.165) is 0 Å². The molecule has 98 valence electrons. The number of rotatable bonds is 3. The van der Waals surface area contributed by atoms with Gasteiger partial charge in [-0.3, -0.25) is 9.59 Å². The number of aryl methyl sites for hydroxylation is 1. The summed E-state index contributed by atoms with van der Waals surface area (Å²) in [7, 11) is 0. The van der Waals surface area contributed by atoms with Crippen LogP contribution in [0, 0.1) is 12.8 Å². The number of amides is 2. The number of hydrogen-bond acceptors (Lipinski definition) is 4. The van der Waals surface area contributed by atoms with Gasteiger partial charge in [0.15, 0.2) is 5.69 Å². The summed E-state index contributed by atoms with van der Waals surface area (Å²) < 4.78 is 4.85. The van der Waals surface area contributed by atoms with Gasteiger partial charge < -0.3 is 14.7 Å². The highest BCUT2D eigenvalue weighted by atomic mass is 16.5. The van der Waals surface area contributed by atoms with Gasteiger partial charge in [0, 0.05) is 25.2 Å². The van der Waals surface area contributed by atoms with E-state index in [4.69, 9.17) is 4.52 Å². The van der Waals surface area contributed by atoms with Crippen LogP contribution in [0.25, 0.3) is 0 Å². The molecule has 6 heteroatoms.